The molecular weight excluding hydrogens is 473 g/mol. The number of carbonyl (C=O) groups excluding carboxylic acids is 1. The summed E-state index contributed by atoms with van der Waals surface area (Å²) in [5, 5.41) is 3.80. The smallest absolute Gasteiger partial charge is 0.379 e. The minimum atomic E-state index is -4.45. The summed E-state index contributed by atoms with van der Waals surface area (Å²) in [6.45, 7) is 2.21. The molecule has 1 N–H and O–H groups in total. The first-order valence-electron chi connectivity index (χ1n) is 13.3. The van der Waals surface area contributed by atoms with E-state index in [2.05, 4.69) is 10.3 Å². The summed E-state index contributed by atoms with van der Waals surface area (Å²) in [5.41, 5.74) is -1.04. The molecule has 0 radical (unpaired) electrons. The summed E-state index contributed by atoms with van der Waals surface area (Å²) in [4.78, 5) is 22.0. The van der Waals surface area contributed by atoms with E-state index in [0.717, 1.165) is 51.2 Å². The molecule has 7 nitrogen and oxygen atoms in total. The number of hydrogen-bond acceptors (Lipinski definition) is 6. The lowest BCUT2D eigenvalue weighted by molar-refractivity contribution is -0.145. The Labute approximate surface area is 209 Å². The van der Waals surface area contributed by atoms with Crippen LogP contribution in [0.2, 0.25) is 0 Å². The molecule has 4 heterocycles. The van der Waals surface area contributed by atoms with Gasteiger partial charge < -0.3 is 24.6 Å². The van der Waals surface area contributed by atoms with E-state index in [1.165, 1.54) is 12.3 Å². The molecule has 198 valence electrons. The van der Waals surface area contributed by atoms with Gasteiger partial charge in [0.25, 0.3) is 0 Å². The van der Waals surface area contributed by atoms with Gasteiger partial charge in [0.1, 0.15) is 5.82 Å². The second-order valence-corrected chi connectivity index (χ2v) is 11.3. The number of carbonyl (C=O) groups is 1. The molecule has 3 saturated heterocycles. The van der Waals surface area contributed by atoms with Crippen LogP contribution in [0, 0.1) is 11.3 Å². The number of anilines is 1. The van der Waals surface area contributed by atoms with Crippen LogP contribution in [-0.2, 0) is 20.4 Å². The summed E-state index contributed by atoms with van der Waals surface area (Å²) in [6.07, 6.45) is 3.48. The van der Waals surface area contributed by atoms with Crippen LogP contribution in [0.4, 0.5) is 19.0 Å². The minimum Gasteiger partial charge on any atom is -0.379 e. The van der Waals surface area contributed by atoms with Crippen LogP contribution in [0.3, 0.4) is 0 Å². The van der Waals surface area contributed by atoms with Gasteiger partial charge in [-0.2, -0.15) is 13.2 Å². The lowest BCUT2D eigenvalue weighted by atomic mass is 9.78. The van der Waals surface area contributed by atoms with Gasteiger partial charge in [0.2, 0.25) is 5.91 Å². The first-order chi connectivity index (χ1) is 17.3. The Morgan fingerprint density at radius 2 is 2.11 bits per heavy atom. The number of likely N-dealkylation sites (tertiary alicyclic amines) is 1. The summed E-state index contributed by atoms with van der Waals surface area (Å²) in [5.74, 6) is 0.593. The molecule has 2 saturated carbocycles. The molecule has 0 unspecified atom stereocenters. The standard InChI is InChI=1S/C26H35F3N4O3/c1-35-22-15-36-9-6-21(22)31-17-10-16-4-2-7-25(16,12-17)24(34)33-14-18-11-19(33)13-32(18)23-20(26(27,28)29)5-3-8-30-23/h3,5,8,16-19,21-22,31H,2,4,6-7,9-15H2,1H3/t16-,17-,18-,19+,21+,22-,25-/m1/s1. The molecular formula is C26H35F3N4O3. The van der Waals surface area contributed by atoms with Gasteiger partial charge in [0, 0.05) is 45.1 Å². The van der Waals surface area contributed by atoms with Crippen molar-refractivity contribution in [2.45, 2.75) is 81.4 Å². The maximum absolute atomic E-state index is 14.1. The normalized spacial score (nSPS) is 38.1. The van der Waals surface area contributed by atoms with Crippen LogP contribution in [0.25, 0.3) is 0 Å². The van der Waals surface area contributed by atoms with Gasteiger partial charge in [-0.15, -0.1) is 0 Å². The Morgan fingerprint density at radius 1 is 1.25 bits per heavy atom. The van der Waals surface area contributed by atoms with E-state index < -0.39 is 11.7 Å². The molecule has 2 bridgehead atoms. The number of halogens is 3. The topological polar surface area (TPSA) is 66.9 Å². The maximum atomic E-state index is 14.1. The van der Waals surface area contributed by atoms with Crippen molar-refractivity contribution in [3.63, 3.8) is 0 Å². The summed E-state index contributed by atoms with van der Waals surface area (Å²) in [6, 6.07) is 2.76. The molecule has 10 heteroatoms. The lowest BCUT2D eigenvalue weighted by Gasteiger charge is -2.40. The third-order valence-electron chi connectivity index (χ3n) is 9.48. The Hall–Kier alpha value is -1.91. The van der Waals surface area contributed by atoms with Gasteiger partial charge in [0.05, 0.1) is 35.8 Å². The number of piperazine rings is 1. The molecule has 7 atom stereocenters. The number of hydrogen-bond donors (Lipinski definition) is 1. The van der Waals surface area contributed by atoms with E-state index in [0.29, 0.717) is 32.0 Å². The summed E-state index contributed by atoms with van der Waals surface area (Å²) in [7, 11) is 1.72. The predicted octanol–water partition coefficient (Wildman–Crippen LogP) is 3.23. The summed E-state index contributed by atoms with van der Waals surface area (Å²) >= 11 is 0. The van der Waals surface area contributed by atoms with Crippen LogP contribution >= 0.6 is 0 Å². The number of fused-ring (bicyclic) bond motifs is 3. The quantitative estimate of drug-likeness (QED) is 0.659. The Bertz CT molecular complexity index is 993. The first-order valence-corrected chi connectivity index (χ1v) is 13.3. The third-order valence-corrected chi connectivity index (χ3v) is 9.48. The van der Waals surface area contributed by atoms with Gasteiger partial charge in [0.15, 0.2) is 0 Å². The highest BCUT2D eigenvalue weighted by atomic mass is 19.4. The zero-order chi connectivity index (χ0) is 25.1. The molecule has 1 aromatic rings. The molecule has 5 aliphatic rings. The average molecular weight is 509 g/mol. The van der Waals surface area contributed by atoms with Crippen LogP contribution in [0.1, 0.15) is 50.5 Å². The van der Waals surface area contributed by atoms with Crippen molar-refractivity contribution in [3.8, 4) is 0 Å². The average Bonchev–Trinajstić information content (AvgIpc) is 3.63. The fourth-order valence-electron chi connectivity index (χ4n) is 7.86. The van der Waals surface area contributed by atoms with Crippen molar-refractivity contribution in [1.29, 1.82) is 0 Å². The van der Waals surface area contributed by atoms with E-state index >= 15 is 0 Å². The van der Waals surface area contributed by atoms with Crippen molar-refractivity contribution < 1.29 is 27.4 Å². The van der Waals surface area contributed by atoms with E-state index in [1.54, 1.807) is 12.0 Å². The Morgan fingerprint density at radius 3 is 2.86 bits per heavy atom. The van der Waals surface area contributed by atoms with Gasteiger partial charge in [-0.1, -0.05) is 6.42 Å². The molecule has 0 aromatic carbocycles. The highest BCUT2D eigenvalue weighted by molar-refractivity contribution is 5.85. The Kier molecular flexibility index (Phi) is 6.20. The number of rotatable bonds is 5. The highest BCUT2D eigenvalue weighted by Gasteiger charge is 2.59. The van der Waals surface area contributed by atoms with E-state index in [1.807, 2.05) is 4.90 Å². The van der Waals surface area contributed by atoms with E-state index in [-0.39, 0.29) is 47.4 Å². The van der Waals surface area contributed by atoms with Crippen molar-refractivity contribution in [2.24, 2.45) is 11.3 Å². The minimum absolute atomic E-state index is 0.00389. The number of aromatic nitrogens is 1. The highest BCUT2D eigenvalue weighted by Crippen LogP contribution is 2.56. The van der Waals surface area contributed by atoms with Crippen molar-refractivity contribution >= 4 is 11.7 Å². The molecule has 5 fully saturated rings. The van der Waals surface area contributed by atoms with Gasteiger partial charge in [-0.25, -0.2) is 4.98 Å². The van der Waals surface area contributed by atoms with Crippen LogP contribution in [0.5, 0.6) is 0 Å². The number of ether oxygens (including phenoxy) is 2. The van der Waals surface area contributed by atoms with Gasteiger partial charge >= 0.3 is 6.18 Å². The number of alkyl halides is 3. The first kappa shape index (κ1) is 24.4. The van der Waals surface area contributed by atoms with Gasteiger partial charge in [-0.05, 0) is 56.6 Å². The van der Waals surface area contributed by atoms with Crippen molar-refractivity contribution in [3.05, 3.63) is 23.9 Å². The number of amides is 1. The molecule has 3 aliphatic heterocycles. The lowest BCUT2D eigenvalue weighted by Crippen LogP contribution is -2.54. The van der Waals surface area contributed by atoms with Crippen LogP contribution < -0.4 is 10.2 Å². The third kappa shape index (κ3) is 4.00. The molecule has 1 aromatic heterocycles. The molecule has 36 heavy (non-hydrogen) atoms. The molecule has 0 spiro atoms. The Balaban J connectivity index is 1.15. The second-order valence-electron chi connectivity index (χ2n) is 11.3. The second kappa shape index (κ2) is 9.13. The number of nitrogens with zero attached hydrogens (tertiary/aromatic N) is 3. The number of methoxy groups -OCH3 is 1. The SMILES string of the molecule is CO[C@@H]1COCC[C@@H]1N[C@@H]1C[C@H]2CCC[C@@]2(C(=O)N2C[C@H]3C[C@H]2CN3c2ncccc2C(F)(F)F)C1. The van der Waals surface area contributed by atoms with Crippen molar-refractivity contribution in [2.75, 3.05) is 38.3 Å². The van der Waals surface area contributed by atoms with Crippen LogP contribution in [-0.4, -0.2) is 79.5 Å². The van der Waals surface area contributed by atoms with Crippen LogP contribution in [0.15, 0.2) is 18.3 Å². The zero-order valence-corrected chi connectivity index (χ0v) is 20.7. The summed E-state index contributed by atoms with van der Waals surface area (Å²) < 4.78 is 52.0. The van der Waals surface area contributed by atoms with E-state index in [4.69, 9.17) is 9.47 Å². The monoisotopic (exact) mass is 508 g/mol. The van der Waals surface area contributed by atoms with Crippen molar-refractivity contribution in [1.82, 2.24) is 15.2 Å². The zero-order valence-electron chi connectivity index (χ0n) is 20.7. The van der Waals surface area contributed by atoms with E-state index in [9.17, 15) is 18.0 Å². The number of pyridine rings is 1. The fourth-order valence-corrected chi connectivity index (χ4v) is 7.86. The molecule has 2 aliphatic carbocycles. The fraction of sp³-hybridized carbons (Fsp3) is 0.769. The van der Waals surface area contributed by atoms with Gasteiger partial charge in [-0.3, -0.25) is 4.79 Å². The largest absolute Gasteiger partial charge is 0.419 e. The molecule has 1 amide bonds. The predicted molar refractivity (Wildman–Crippen MR) is 126 cm³/mol. The maximum Gasteiger partial charge on any atom is 0.419 e. The number of nitrogens with one attached hydrogen (secondary N) is 1. The molecule has 6 rings (SSSR count).